The highest BCUT2D eigenvalue weighted by Crippen LogP contribution is 2.29. The topological polar surface area (TPSA) is 88.9 Å². The van der Waals surface area contributed by atoms with Crippen LogP contribution in [0.3, 0.4) is 0 Å². The average molecular weight is 348 g/mol. The lowest BCUT2D eigenvalue weighted by Gasteiger charge is -2.05. The predicted octanol–water partition coefficient (Wildman–Crippen LogP) is 1.64. The van der Waals surface area contributed by atoms with Crippen LogP contribution in [0.1, 0.15) is 18.4 Å². The maximum Gasteiger partial charge on any atom is 0.241 e. The van der Waals surface area contributed by atoms with Gasteiger partial charge in [-0.2, -0.15) is 0 Å². The lowest BCUT2D eigenvalue weighted by Crippen LogP contribution is -2.29. The zero-order chi connectivity index (χ0) is 16.9. The summed E-state index contributed by atoms with van der Waals surface area (Å²) in [6, 6.07) is 7.53. The number of halogens is 1. The van der Waals surface area contributed by atoms with Crippen molar-refractivity contribution in [2.75, 3.05) is 11.9 Å². The van der Waals surface area contributed by atoms with Gasteiger partial charge in [0.2, 0.25) is 11.8 Å². The van der Waals surface area contributed by atoms with E-state index in [0.717, 1.165) is 18.4 Å². The fourth-order valence-electron chi connectivity index (χ4n) is 2.25. The van der Waals surface area contributed by atoms with Gasteiger partial charge in [0, 0.05) is 17.5 Å². The van der Waals surface area contributed by atoms with E-state index in [0.29, 0.717) is 23.8 Å². The van der Waals surface area contributed by atoms with E-state index in [1.54, 1.807) is 6.20 Å². The molecule has 0 spiro atoms. The smallest absolute Gasteiger partial charge is 0.241 e. The number of carbonyl (C=O) groups excluding carboxylic acids is 2. The van der Waals surface area contributed by atoms with Gasteiger partial charge in [-0.1, -0.05) is 28.9 Å². The molecule has 1 aromatic carbocycles. The third-order valence-electron chi connectivity index (χ3n) is 3.67. The Hall–Kier alpha value is -2.41. The molecule has 2 amide bonds. The van der Waals surface area contributed by atoms with Crippen LogP contribution < -0.4 is 10.6 Å². The predicted molar refractivity (Wildman–Crippen MR) is 89.5 cm³/mol. The molecule has 1 aromatic heterocycles. The number of benzene rings is 1. The molecule has 0 saturated heterocycles. The Balaban J connectivity index is 1.41. The fourth-order valence-corrected chi connectivity index (χ4v) is 2.46. The Morgan fingerprint density at radius 1 is 1.33 bits per heavy atom. The standard InChI is InChI=1S/C16H18ClN5O2/c17-13-3-1-2-11(8-13)6-7-18-15(23)10-22-9-14(20-21-22)19-16(24)12-4-5-12/h1-3,8-9,12H,4-7,10H2,(H,18,23)(H,19,24). The summed E-state index contributed by atoms with van der Waals surface area (Å²) in [7, 11) is 0. The molecule has 1 saturated carbocycles. The molecular weight excluding hydrogens is 330 g/mol. The summed E-state index contributed by atoms with van der Waals surface area (Å²) in [5.41, 5.74) is 1.06. The van der Waals surface area contributed by atoms with E-state index >= 15 is 0 Å². The summed E-state index contributed by atoms with van der Waals surface area (Å²) in [5.74, 6) is 0.276. The van der Waals surface area contributed by atoms with E-state index in [1.165, 1.54) is 4.68 Å². The fraction of sp³-hybridized carbons (Fsp3) is 0.375. The molecule has 0 aliphatic heterocycles. The van der Waals surface area contributed by atoms with Crippen molar-refractivity contribution in [3.05, 3.63) is 41.0 Å². The van der Waals surface area contributed by atoms with E-state index in [1.807, 2.05) is 24.3 Å². The number of aromatic nitrogens is 3. The van der Waals surface area contributed by atoms with Crippen LogP contribution in [-0.2, 0) is 22.6 Å². The van der Waals surface area contributed by atoms with Crippen LogP contribution in [-0.4, -0.2) is 33.4 Å². The van der Waals surface area contributed by atoms with E-state index in [-0.39, 0.29) is 24.3 Å². The maximum atomic E-state index is 11.9. The first-order chi connectivity index (χ1) is 11.6. The minimum Gasteiger partial charge on any atom is -0.354 e. The first-order valence-corrected chi connectivity index (χ1v) is 8.20. The number of anilines is 1. The quantitative estimate of drug-likeness (QED) is 0.796. The highest BCUT2D eigenvalue weighted by atomic mass is 35.5. The minimum absolute atomic E-state index is 0.0342. The summed E-state index contributed by atoms with van der Waals surface area (Å²) in [5, 5.41) is 13.9. The largest absolute Gasteiger partial charge is 0.354 e. The van der Waals surface area contributed by atoms with Crippen LogP contribution in [0, 0.1) is 5.92 Å². The molecule has 2 N–H and O–H groups in total. The van der Waals surface area contributed by atoms with Crippen LogP contribution in [0.5, 0.6) is 0 Å². The van der Waals surface area contributed by atoms with Crippen molar-refractivity contribution in [1.29, 1.82) is 0 Å². The van der Waals surface area contributed by atoms with Crippen LogP contribution >= 0.6 is 11.6 Å². The van der Waals surface area contributed by atoms with Gasteiger partial charge in [0.15, 0.2) is 5.82 Å². The van der Waals surface area contributed by atoms with Crippen molar-refractivity contribution in [3.8, 4) is 0 Å². The molecule has 8 heteroatoms. The van der Waals surface area contributed by atoms with Crippen LogP contribution in [0.4, 0.5) is 5.82 Å². The van der Waals surface area contributed by atoms with Gasteiger partial charge in [-0.15, -0.1) is 5.10 Å². The number of rotatable bonds is 7. The number of hydrogen-bond acceptors (Lipinski definition) is 4. The third kappa shape index (κ3) is 4.79. The van der Waals surface area contributed by atoms with E-state index < -0.39 is 0 Å². The molecule has 0 atom stereocenters. The maximum absolute atomic E-state index is 11.9. The second-order valence-electron chi connectivity index (χ2n) is 5.79. The van der Waals surface area contributed by atoms with Gasteiger partial charge in [0.1, 0.15) is 6.54 Å². The molecule has 2 aromatic rings. The molecule has 1 fully saturated rings. The third-order valence-corrected chi connectivity index (χ3v) is 3.90. The number of nitrogens with zero attached hydrogens (tertiary/aromatic N) is 3. The van der Waals surface area contributed by atoms with E-state index in [4.69, 9.17) is 11.6 Å². The van der Waals surface area contributed by atoms with Crippen LogP contribution in [0.15, 0.2) is 30.5 Å². The Bertz CT molecular complexity index is 742. The molecular formula is C16H18ClN5O2. The first-order valence-electron chi connectivity index (χ1n) is 7.82. The van der Waals surface area contributed by atoms with Crippen LogP contribution in [0.25, 0.3) is 0 Å². The van der Waals surface area contributed by atoms with Gasteiger partial charge in [-0.3, -0.25) is 9.59 Å². The zero-order valence-corrected chi connectivity index (χ0v) is 13.8. The molecule has 24 heavy (non-hydrogen) atoms. The molecule has 1 heterocycles. The SMILES string of the molecule is O=C(Cn1cc(NC(=O)C2CC2)nn1)NCCc1cccc(Cl)c1. The summed E-state index contributed by atoms with van der Waals surface area (Å²) < 4.78 is 1.40. The van der Waals surface area contributed by atoms with Crippen molar-refractivity contribution in [3.63, 3.8) is 0 Å². The van der Waals surface area contributed by atoms with Crippen molar-refractivity contribution in [2.45, 2.75) is 25.8 Å². The van der Waals surface area contributed by atoms with Gasteiger partial charge in [0.25, 0.3) is 0 Å². The highest BCUT2D eigenvalue weighted by molar-refractivity contribution is 6.30. The van der Waals surface area contributed by atoms with E-state index in [2.05, 4.69) is 20.9 Å². The minimum atomic E-state index is -0.165. The lowest BCUT2D eigenvalue weighted by atomic mass is 10.1. The van der Waals surface area contributed by atoms with Gasteiger partial charge < -0.3 is 10.6 Å². The number of amides is 2. The van der Waals surface area contributed by atoms with Gasteiger partial charge in [-0.05, 0) is 37.0 Å². The van der Waals surface area contributed by atoms with Gasteiger partial charge in [-0.25, -0.2) is 4.68 Å². The van der Waals surface area contributed by atoms with Crippen molar-refractivity contribution < 1.29 is 9.59 Å². The van der Waals surface area contributed by atoms with Crippen molar-refractivity contribution in [2.24, 2.45) is 5.92 Å². The zero-order valence-electron chi connectivity index (χ0n) is 13.0. The van der Waals surface area contributed by atoms with Gasteiger partial charge >= 0.3 is 0 Å². The Morgan fingerprint density at radius 3 is 2.92 bits per heavy atom. The number of nitrogens with one attached hydrogen (secondary N) is 2. The second-order valence-corrected chi connectivity index (χ2v) is 6.23. The van der Waals surface area contributed by atoms with Crippen LogP contribution in [0.2, 0.25) is 5.02 Å². The summed E-state index contributed by atoms with van der Waals surface area (Å²) in [6.45, 7) is 0.570. The molecule has 0 bridgehead atoms. The van der Waals surface area contributed by atoms with Gasteiger partial charge in [0.05, 0.1) is 6.20 Å². The number of hydrogen-bond donors (Lipinski definition) is 2. The highest BCUT2D eigenvalue weighted by Gasteiger charge is 2.30. The van der Waals surface area contributed by atoms with E-state index in [9.17, 15) is 9.59 Å². The second kappa shape index (κ2) is 7.44. The Labute approximate surface area is 144 Å². The molecule has 7 nitrogen and oxygen atoms in total. The number of carbonyl (C=O) groups is 2. The molecule has 1 aliphatic rings. The monoisotopic (exact) mass is 347 g/mol. The van der Waals surface area contributed by atoms with Crippen molar-refractivity contribution >= 4 is 29.2 Å². The molecule has 126 valence electrons. The Kier molecular flexibility index (Phi) is 5.10. The molecule has 3 rings (SSSR count). The first kappa shape index (κ1) is 16.4. The molecule has 1 aliphatic carbocycles. The summed E-state index contributed by atoms with van der Waals surface area (Å²) in [6.07, 6.45) is 4.10. The normalized spacial score (nSPS) is 13.5. The van der Waals surface area contributed by atoms with Crippen molar-refractivity contribution in [1.82, 2.24) is 20.3 Å². The Morgan fingerprint density at radius 2 is 2.17 bits per heavy atom. The molecule has 0 radical (unpaired) electrons. The average Bonchev–Trinajstić information content (AvgIpc) is 3.30. The summed E-state index contributed by atoms with van der Waals surface area (Å²) in [4.78, 5) is 23.5. The summed E-state index contributed by atoms with van der Waals surface area (Å²) >= 11 is 5.92. The lowest BCUT2D eigenvalue weighted by molar-refractivity contribution is -0.121. The molecule has 0 unspecified atom stereocenters.